The molecule has 0 aliphatic heterocycles. The molecule has 0 aliphatic rings. The largest absolute Gasteiger partial charge is 0.461 e. The zero-order valence-corrected chi connectivity index (χ0v) is 14.1. The first-order chi connectivity index (χ1) is 10.6. The van der Waals surface area contributed by atoms with E-state index in [1.54, 1.807) is 6.92 Å². The van der Waals surface area contributed by atoms with Crippen molar-refractivity contribution in [3.8, 4) is 0 Å². The highest BCUT2D eigenvalue weighted by Crippen LogP contribution is 2.23. The number of sulfonamides is 1. The van der Waals surface area contributed by atoms with Crippen LogP contribution < -0.4 is 10.0 Å². The molecule has 0 saturated heterocycles. The molecular formula is C13H19N3O6S. The van der Waals surface area contributed by atoms with Crippen LogP contribution in [0.4, 0.5) is 0 Å². The number of amides is 2. The number of hydrogen-bond donors (Lipinski definition) is 3. The molecule has 0 atom stereocenters. The molecule has 1 rings (SSSR count). The van der Waals surface area contributed by atoms with Gasteiger partial charge in [-0.2, -0.15) is 0 Å². The molecule has 2 amide bonds. The van der Waals surface area contributed by atoms with E-state index >= 15 is 0 Å². The zero-order valence-electron chi connectivity index (χ0n) is 13.3. The molecule has 128 valence electrons. The summed E-state index contributed by atoms with van der Waals surface area (Å²) in [6, 6.07) is 0. The van der Waals surface area contributed by atoms with Crippen molar-refractivity contribution in [2.45, 2.75) is 32.6 Å². The van der Waals surface area contributed by atoms with E-state index in [1.165, 1.54) is 20.8 Å². The summed E-state index contributed by atoms with van der Waals surface area (Å²) >= 11 is 0. The lowest BCUT2D eigenvalue weighted by molar-refractivity contribution is -0.124. The van der Waals surface area contributed by atoms with E-state index < -0.39 is 34.4 Å². The van der Waals surface area contributed by atoms with Gasteiger partial charge in [-0.1, -0.05) is 0 Å². The molecular weight excluding hydrogens is 326 g/mol. The van der Waals surface area contributed by atoms with Crippen LogP contribution in [-0.2, 0) is 24.3 Å². The number of aryl methyl sites for hydroxylation is 1. The number of aromatic nitrogens is 1. The lowest BCUT2D eigenvalue weighted by Crippen LogP contribution is -2.39. The van der Waals surface area contributed by atoms with Crippen LogP contribution in [0.25, 0.3) is 0 Å². The predicted octanol–water partition coefficient (Wildman–Crippen LogP) is -0.251. The number of carbonyl (C=O) groups excluding carboxylic acids is 3. The molecule has 1 aromatic rings. The number of aromatic amines is 1. The Morgan fingerprint density at radius 3 is 2.35 bits per heavy atom. The van der Waals surface area contributed by atoms with Gasteiger partial charge in [-0.3, -0.25) is 9.59 Å². The lowest BCUT2D eigenvalue weighted by atomic mass is 10.2. The minimum absolute atomic E-state index is 0.0130. The summed E-state index contributed by atoms with van der Waals surface area (Å²) in [7, 11) is -4.19. The summed E-state index contributed by atoms with van der Waals surface area (Å²) in [6.45, 7) is 5.40. The molecule has 1 aromatic heterocycles. The SMILES string of the molecule is CCOC(=O)c1[nH]c(C)c(S(=O)(=O)NC(=O)CNC(C)=O)c1C. The van der Waals surface area contributed by atoms with Crippen LogP contribution in [0.1, 0.15) is 35.6 Å². The average molecular weight is 345 g/mol. The van der Waals surface area contributed by atoms with Crippen LogP contribution in [0, 0.1) is 13.8 Å². The van der Waals surface area contributed by atoms with Gasteiger partial charge >= 0.3 is 5.97 Å². The second-order valence-corrected chi connectivity index (χ2v) is 6.36. The van der Waals surface area contributed by atoms with Crippen LogP contribution in [0.15, 0.2) is 4.90 Å². The highest BCUT2D eigenvalue weighted by molar-refractivity contribution is 7.90. The first-order valence-electron chi connectivity index (χ1n) is 6.76. The van der Waals surface area contributed by atoms with Crippen molar-refractivity contribution >= 4 is 27.8 Å². The molecule has 3 N–H and O–H groups in total. The minimum Gasteiger partial charge on any atom is -0.461 e. The number of esters is 1. The number of nitrogens with one attached hydrogen (secondary N) is 3. The Kier molecular flexibility index (Phi) is 5.91. The van der Waals surface area contributed by atoms with Gasteiger partial charge in [0.2, 0.25) is 5.91 Å². The number of carbonyl (C=O) groups is 3. The number of ether oxygens (including phenoxy) is 1. The Hall–Kier alpha value is -2.36. The van der Waals surface area contributed by atoms with Gasteiger partial charge in [-0.05, 0) is 20.8 Å². The summed E-state index contributed by atoms with van der Waals surface area (Å²) < 4.78 is 31.3. The zero-order chi connectivity index (χ0) is 17.8. The van der Waals surface area contributed by atoms with Gasteiger partial charge in [-0.25, -0.2) is 17.9 Å². The maximum atomic E-state index is 12.3. The Labute approximate surface area is 133 Å². The van der Waals surface area contributed by atoms with E-state index in [9.17, 15) is 22.8 Å². The second-order valence-electron chi connectivity index (χ2n) is 4.74. The fraction of sp³-hybridized carbons (Fsp3) is 0.462. The average Bonchev–Trinajstić information content (AvgIpc) is 2.72. The van der Waals surface area contributed by atoms with E-state index in [0.717, 1.165) is 0 Å². The van der Waals surface area contributed by atoms with Crippen LogP contribution in [0.5, 0.6) is 0 Å². The molecule has 0 aromatic carbocycles. The molecule has 9 nitrogen and oxygen atoms in total. The molecule has 0 saturated carbocycles. The van der Waals surface area contributed by atoms with Gasteiger partial charge in [-0.15, -0.1) is 0 Å². The fourth-order valence-electron chi connectivity index (χ4n) is 1.99. The monoisotopic (exact) mass is 345 g/mol. The van der Waals surface area contributed by atoms with Crippen LogP contribution >= 0.6 is 0 Å². The number of H-pyrrole nitrogens is 1. The predicted molar refractivity (Wildman–Crippen MR) is 80.2 cm³/mol. The molecule has 0 aliphatic carbocycles. The number of hydrogen-bond acceptors (Lipinski definition) is 6. The summed E-state index contributed by atoms with van der Waals surface area (Å²) in [6.07, 6.45) is 0. The van der Waals surface area contributed by atoms with Gasteiger partial charge in [0.25, 0.3) is 15.9 Å². The third-order valence-electron chi connectivity index (χ3n) is 2.86. The van der Waals surface area contributed by atoms with Crippen molar-refractivity contribution in [1.29, 1.82) is 0 Å². The fourth-order valence-corrected chi connectivity index (χ4v) is 3.42. The van der Waals surface area contributed by atoms with Crippen LogP contribution in [-0.4, -0.2) is 44.3 Å². The van der Waals surface area contributed by atoms with Gasteiger partial charge in [0.1, 0.15) is 10.6 Å². The third-order valence-corrected chi connectivity index (χ3v) is 4.51. The highest BCUT2D eigenvalue weighted by Gasteiger charge is 2.28. The maximum absolute atomic E-state index is 12.3. The number of rotatable bonds is 6. The maximum Gasteiger partial charge on any atom is 0.355 e. The molecule has 0 bridgehead atoms. The van der Waals surface area contributed by atoms with Crippen molar-refractivity contribution < 1.29 is 27.5 Å². The van der Waals surface area contributed by atoms with Crippen molar-refractivity contribution in [3.63, 3.8) is 0 Å². The first kappa shape index (κ1) is 18.7. The smallest absolute Gasteiger partial charge is 0.355 e. The van der Waals surface area contributed by atoms with Crippen molar-refractivity contribution in [2.24, 2.45) is 0 Å². The Balaban J connectivity index is 3.07. The van der Waals surface area contributed by atoms with Gasteiger partial charge < -0.3 is 15.0 Å². The summed E-state index contributed by atoms with van der Waals surface area (Å²) in [5, 5.41) is 2.19. The van der Waals surface area contributed by atoms with E-state index in [-0.39, 0.29) is 28.5 Å². The van der Waals surface area contributed by atoms with Crippen LogP contribution in [0.2, 0.25) is 0 Å². The molecule has 10 heteroatoms. The minimum atomic E-state index is -4.19. The Bertz CT molecular complexity index is 735. The molecule has 1 heterocycles. The van der Waals surface area contributed by atoms with Gasteiger partial charge in [0.15, 0.2) is 0 Å². The van der Waals surface area contributed by atoms with Crippen LogP contribution in [0.3, 0.4) is 0 Å². The highest BCUT2D eigenvalue weighted by atomic mass is 32.2. The van der Waals surface area contributed by atoms with Crippen molar-refractivity contribution in [2.75, 3.05) is 13.2 Å². The molecule has 0 unspecified atom stereocenters. The standard InChI is InChI=1S/C13H19N3O6S/c1-5-22-13(19)11-7(2)12(8(3)15-11)23(20,21)16-10(18)6-14-9(4)17/h15H,5-6H2,1-4H3,(H,14,17)(H,16,18). The quantitative estimate of drug-likeness (QED) is 0.609. The molecule has 23 heavy (non-hydrogen) atoms. The normalized spacial score (nSPS) is 11.0. The Morgan fingerprint density at radius 1 is 1.22 bits per heavy atom. The van der Waals surface area contributed by atoms with Crippen molar-refractivity contribution in [3.05, 3.63) is 17.0 Å². The van der Waals surface area contributed by atoms with Gasteiger partial charge in [0, 0.05) is 18.2 Å². The molecule has 0 radical (unpaired) electrons. The summed E-state index contributed by atoms with van der Waals surface area (Å²) in [5.41, 5.74) is 0.366. The summed E-state index contributed by atoms with van der Waals surface area (Å²) in [4.78, 5) is 36.6. The van der Waals surface area contributed by atoms with E-state index in [4.69, 9.17) is 4.74 Å². The van der Waals surface area contributed by atoms with E-state index in [1.807, 2.05) is 4.72 Å². The first-order valence-corrected chi connectivity index (χ1v) is 8.24. The van der Waals surface area contributed by atoms with Gasteiger partial charge in [0.05, 0.1) is 13.2 Å². The van der Waals surface area contributed by atoms with E-state index in [2.05, 4.69) is 10.3 Å². The summed E-state index contributed by atoms with van der Waals surface area (Å²) in [5.74, 6) is -2.03. The lowest BCUT2D eigenvalue weighted by Gasteiger charge is -2.08. The van der Waals surface area contributed by atoms with E-state index in [0.29, 0.717) is 0 Å². The second kappa shape index (κ2) is 7.27. The topological polar surface area (TPSA) is 134 Å². The Morgan fingerprint density at radius 2 is 1.83 bits per heavy atom. The molecule has 0 fully saturated rings. The molecule has 0 spiro atoms. The van der Waals surface area contributed by atoms with Crippen molar-refractivity contribution in [1.82, 2.24) is 15.0 Å². The third kappa shape index (κ3) is 4.55.